The zero-order chi connectivity index (χ0) is 13.9. The minimum absolute atomic E-state index is 0.282. The van der Waals surface area contributed by atoms with E-state index in [1.54, 1.807) is 0 Å². The lowest BCUT2D eigenvalue weighted by atomic mass is 10.1. The Morgan fingerprint density at radius 1 is 1.20 bits per heavy atom. The lowest BCUT2D eigenvalue weighted by Gasteiger charge is -2.15. The van der Waals surface area contributed by atoms with E-state index in [-0.39, 0.29) is 6.04 Å². The Morgan fingerprint density at radius 3 is 2.85 bits per heavy atom. The fourth-order valence-electron chi connectivity index (χ4n) is 2.32. The quantitative estimate of drug-likeness (QED) is 0.785. The molecule has 3 aromatic rings. The Balaban J connectivity index is 1.75. The molecule has 102 valence electrons. The van der Waals surface area contributed by atoms with E-state index in [0.717, 1.165) is 16.5 Å². The summed E-state index contributed by atoms with van der Waals surface area (Å²) in [5, 5.41) is 7.91. The summed E-state index contributed by atoms with van der Waals surface area (Å²) in [6.45, 7) is 2.97. The summed E-state index contributed by atoms with van der Waals surface area (Å²) in [5.41, 5.74) is 3.63. The van der Waals surface area contributed by atoms with Crippen molar-refractivity contribution in [1.29, 1.82) is 0 Å². The van der Waals surface area contributed by atoms with Crippen LogP contribution in [0, 0.1) is 0 Å². The summed E-state index contributed by atoms with van der Waals surface area (Å²) in [6.07, 6.45) is 3.89. The Morgan fingerprint density at radius 2 is 2.00 bits per heavy atom. The number of aromatic nitrogens is 2. The Kier molecular flexibility index (Phi) is 3.85. The van der Waals surface area contributed by atoms with Gasteiger partial charge < -0.3 is 5.32 Å². The van der Waals surface area contributed by atoms with Gasteiger partial charge in [-0.15, -0.1) is 0 Å². The van der Waals surface area contributed by atoms with Crippen molar-refractivity contribution in [2.75, 3.05) is 0 Å². The molecule has 0 bridgehead atoms. The monoisotopic (exact) mass is 329 g/mol. The number of benzene rings is 1. The molecule has 4 heteroatoms. The predicted octanol–water partition coefficient (Wildman–Crippen LogP) is 3.95. The predicted molar refractivity (Wildman–Crippen MR) is 84.6 cm³/mol. The van der Waals surface area contributed by atoms with Crippen LogP contribution in [0.3, 0.4) is 0 Å². The van der Waals surface area contributed by atoms with E-state index < -0.39 is 0 Å². The molecule has 0 unspecified atom stereocenters. The second-order valence-electron chi connectivity index (χ2n) is 4.82. The van der Waals surface area contributed by atoms with Gasteiger partial charge in [-0.05, 0) is 30.7 Å². The lowest BCUT2D eigenvalue weighted by molar-refractivity contribution is 0.574. The molecule has 20 heavy (non-hydrogen) atoms. The topological polar surface area (TPSA) is 29.3 Å². The third-order valence-electron chi connectivity index (χ3n) is 3.48. The normalized spacial score (nSPS) is 12.7. The van der Waals surface area contributed by atoms with Gasteiger partial charge in [-0.3, -0.25) is 0 Å². The van der Waals surface area contributed by atoms with Crippen LogP contribution >= 0.6 is 15.9 Å². The van der Waals surface area contributed by atoms with Crippen molar-refractivity contribution in [2.24, 2.45) is 0 Å². The first kappa shape index (κ1) is 13.3. The largest absolute Gasteiger partial charge is 0.306 e. The summed E-state index contributed by atoms with van der Waals surface area (Å²) in [4.78, 5) is 0. The van der Waals surface area contributed by atoms with E-state index in [1.165, 1.54) is 11.1 Å². The van der Waals surface area contributed by atoms with Crippen molar-refractivity contribution in [3.8, 4) is 0 Å². The van der Waals surface area contributed by atoms with Crippen molar-refractivity contribution >= 4 is 21.4 Å². The summed E-state index contributed by atoms with van der Waals surface area (Å²) in [6, 6.07) is 14.7. The van der Waals surface area contributed by atoms with Crippen LogP contribution in [0.5, 0.6) is 0 Å². The van der Waals surface area contributed by atoms with Crippen molar-refractivity contribution in [2.45, 2.75) is 19.5 Å². The summed E-state index contributed by atoms with van der Waals surface area (Å²) >= 11 is 3.60. The van der Waals surface area contributed by atoms with Crippen molar-refractivity contribution < 1.29 is 0 Å². The van der Waals surface area contributed by atoms with Gasteiger partial charge in [0.25, 0.3) is 0 Å². The van der Waals surface area contributed by atoms with Gasteiger partial charge in [0.05, 0.1) is 11.7 Å². The van der Waals surface area contributed by atoms with Crippen LogP contribution in [-0.2, 0) is 6.54 Å². The van der Waals surface area contributed by atoms with Crippen molar-refractivity contribution in [3.05, 3.63) is 70.5 Å². The van der Waals surface area contributed by atoms with Crippen LogP contribution in [0.4, 0.5) is 0 Å². The van der Waals surface area contributed by atoms with Gasteiger partial charge in [0.15, 0.2) is 0 Å². The van der Waals surface area contributed by atoms with E-state index in [2.05, 4.69) is 57.5 Å². The number of nitrogens with zero attached hydrogens (tertiary/aromatic N) is 2. The minimum Gasteiger partial charge on any atom is -0.306 e. The highest BCUT2D eigenvalue weighted by molar-refractivity contribution is 9.10. The minimum atomic E-state index is 0.282. The van der Waals surface area contributed by atoms with Crippen LogP contribution in [-0.4, -0.2) is 9.61 Å². The Labute approximate surface area is 126 Å². The summed E-state index contributed by atoms with van der Waals surface area (Å²) < 4.78 is 3.04. The van der Waals surface area contributed by atoms with Crippen LogP contribution in [0.15, 0.2) is 59.3 Å². The van der Waals surface area contributed by atoms with E-state index in [9.17, 15) is 0 Å². The number of hydrogen-bond acceptors (Lipinski definition) is 2. The number of rotatable bonds is 4. The third kappa shape index (κ3) is 2.62. The first-order chi connectivity index (χ1) is 9.75. The van der Waals surface area contributed by atoms with Crippen LogP contribution in [0.1, 0.15) is 24.1 Å². The molecule has 3 nitrogen and oxygen atoms in total. The molecular weight excluding hydrogens is 314 g/mol. The molecule has 0 amide bonds. The number of pyridine rings is 1. The summed E-state index contributed by atoms with van der Waals surface area (Å²) in [7, 11) is 0. The highest BCUT2D eigenvalue weighted by Gasteiger charge is 2.09. The fourth-order valence-corrected chi connectivity index (χ4v) is 2.95. The summed E-state index contributed by atoms with van der Waals surface area (Å²) in [5.74, 6) is 0. The van der Waals surface area contributed by atoms with Gasteiger partial charge in [0, 0.05) is 28.8 Å². The van der Waals surface area contributed by atoms with Gasteiger partial charge in [-0.25, -0.2) is 4.52 Å². The average Bonchev–Trinajstić information content (AvgIpc) is 2.88. The van der Waals surface area contributed by atoms with Gasteiger partial charge in [-0.1, -0.05) is 40.2 Å². The van der Waals surface area contributed by atoms with E-state index in [0.29, 0.717) is 0 Å². The molecule has 0 fully saturated rings. The van der Waals surface area contributed by atoms with Crippen LogP contribution < -0.4 is 5.32 Å². The van der Waals surface area contributed by atoms with Gasteiger partial charge in [0.1, 0.15) is 0 Å². The molecule has 0 aliphatic rings. The second kappa shape index (κ2) is 5.77. The van der Waals surface area contributed by atoms with Crippen molar-refractivity contribution in [3.63, 3.8) is 0 Å². The van der Waals surface area contributed by atoms with Gasteiger partial charge >= 0.3 is 0 Å². The smallest absolute Gasteiger partial charge is 0.0706 e. The Bertz CT molecular complexity index is 720. The van der Waals surface area contributed by atoms with Crippen LogP contribution in [0.25, 0.3) is 5.52 Å². The number of hydrogen-bond donors (Lipinski definition) is 1. The Hall–Kier alpha value is -1.65. The molecule has 0 aliphatic carbocycles. The molecule has 2 aromatic heterocycles. The standard InChI is InChI=1S/C16H16BrN3/c1-12(14-6-2-3-7-15(14)17)18-10-13-11-19-20-9-5-4-8-16(13)20/h2-9,11-12,18H,10H2,1H3/t12-/m0/s1. The lowest BCUT2D eigenvalue weighted by Crippen LogP contribution is -2.18. The van der Waals surface area contributed by atoms with Crippen LogP contribution in [0.2, 0.25) is 0 Å². The van der Waals surface area contributed by atoms with E-state index in [1.807, 2.05) is 35.1 Å². The molecular formula is C16H16BrN3. The van der Waals surface area contributed by atoms with Crippen molar-refractivity contribution in [1.82, 2.24) is 14.9 Å². The number of halogens is 1. The fraction of sp³-hybridized carbons (Fsp3) is 0.188. The maximum atomic E-state index is 4.35. The highest BCUT2D eigenvalue weighted by Crippen LogP contribution is 2.23. The zero-order valence-corrected chi connectivity index (χ0v) is 12.8. The van der Waals surface area contributed by atoms with Gasteiger partial charge in [-0.2, -0.15) is 5.10 Å². The molecule has 2 heterocycles. The average molecular weight is 330 g/mol. The molecule has 3 rings (SSSR count). The maximum absolute atomic E-state index is 4.35. The van der Waals surface area contributed by atoms with E-state index in [4.69, 9.17) is 0 Å². The molecule has 1 aromatic carbocycles. The van der Waals surface area contributed by atoms with E-state index >= 15 is 0 Å². The molecule has 0 aliphatic heterocycles. The molecule has 0 saturated heterocycles. The third-order valence-corrected chi connectivity index (χ3v) is 4.20. The first-order valence-corrected chi connectivity index (χ1v) is 7.44. The molecule has 1 atom stereocenters. The SMILES string of the molecule is C[C@H](NCc1cnn2ccccc12)c1ccccc1Br. The molecule has 1 N–H and O–H groups in total. The molecule has 0 saturated carbocycles. The van der Waals surface area contributed by atoms with Gasteiger partial charge in [0.2, 0.25) is 0 Å². The second-order valence-corrected chi connectivity index (χ2v) is 5.68. The highest BCUT2D eigenvalue weighted by atomic mass is 79.9. The molecule has 0 spiro atoms. The molecule has 0 radical (unpaired) electrons. The number of nitrogens with one attached hydrogen (secondary N) is 1. The zero-order valence-electron chi connectivity index (χ0n) is 11.3. The first-order valence-electron chi connectivity index (χ1n) is 6.65. The maximum Gasteiger partial charge on any atom is 0.0706 e. The number of fused-ring (bicyclic) bond motifs is 1.